The Bertz CT molecular complexity index is 1230. The number of ether oxygens (including phenoxy) is 2. The SMILES string of the molecule is COc1ccc([C@@H]2CC(=O)C3=C(C2)Nc2ccccc2N[C@@H]3c2ccc(C)cc2)cc1OC. The van der Waals surface area contributed by atoms with Crippen molar-refractivity contribution in [2.75, 3.05) is 24.9 Å². The van der Waals surface area contributed by atoms with Crippen LogP contribution in [0.1, 0.15) is 41.5 Å². The summed E-state index contributed by atoms with van der Waals surface area (Å²) in [6.45, 7) is 2.07. The molecule has 0 spiro atoms. The molecule has 0 bridgehead atoms. The number of methoxy groups -OCH3 is 2. The summed E-state index contributed by atoms with van der Waals surface area (Å²) in [5.74, 6) is 1.59. The molecule has 168 valence electrons. The van der Waals surface area contributed by atoms with E-state index >= 15 is 0 Å². The normalized spacial score (nSPS) is 19.5. The average molecular weight is 441 g/mol. The molecule has 5 heteroatoms. The number of benzene rings is 3. The molecule has 5 rings (SSSR count). The first-order chi connectivity index (χ1) is 16.1. The van der Waals surface area contributed by atoms with Gasteiger partial charge in [-0.25, -0.2) is 0 Å². The number of aryl methyl sites for hydroxylation is 1. The maximum absolute atomic E-state index is 13.7. The Balaban J connectivity index is 1.57. The summed E-state index contributed by atoms with van der Waals surface area (Å²) in [5.41, 5.74) is 7.15. The zero-order chi connectivity index (χ0) is 22.9. The molecule has 0 saturated heterocycles. The van der Waals surface area contributed by atoms with Gasteiger partial charge in [0.1, 0.15) is 0 Å². The van der Waals surface area contributed by atoms with Gasteiger partial charge in [0.15, 0.2) is 17.3 Å². The second kappa shape index (κ2) is 8.66. The Hall–Kier alpha value is -3.73. The third-order valence-electron chi connectivity index (χ3n) is 6.60. The van der Waals surface area contributed by atoms with Crippen LogP contribution in [0.25, 0.3) is 0 Å². The highest BCUT2D eigenvalue weighted by molar-refractivity contribution is 6.01. The molecular weight excluding hydrogens is 412 g/mol. The zero-order valence-corrected chi connectivity index (χ0v) is 19.1. The predicted molar refractivity (Wildman–Crippen MR) is 131 cm³/mol. The van der Waals surface area contributed by atoms with Crippen LogP contribution in [-0.2, 0) is 4.79 Å². The van der Waals surface area contributed by atoms with Gasteiger partial charge in [0, 0.05) is 17.7 Å². The van der Waals surface area contributed by atoms with E-state index in [1.54, 1.807) is 14.2 Å². The molecule has 1 heterocycles. The van der Waals surface area contributed by atoms with Crippen LogP contribution < -0.4 is 20.1 Å². The van der Waals surface area contributed by atoms with E-state index in [1.165, 1.54) is 5.56 Å². The summed E-state index contributed by atoms with van der Waals surface area (Å²) in [4.78, 5) is 13.7. The molecule has 0 radical (unpaired) electrons. The largest absolute Gasteiger partial charge is 0.493 e. The number of rotatable bonds is 4. The third kappa shape index (κ3) is 3.95. The van der Waals surface area contributed by atoms with Gasteiger partial charge >= 0.3 is 0 Å². The first-order valence-corrected chi connectivity index (χ1v) is 11.2. The molecule has 3 aromatic carbocycles. The molecule has 1 aliphatic heterocycles. The Labute approximate surface area is 194 Å². The van der Waals surface area contributed by atoms with Gasteiger partial charge < -0.3 is 20.1 Å². The molecular formula is C28H28N2O3. The molecule has 3 aromatic rings. The van der Waals surface area contributed by atoms with Gasteiger partial charge in [0.05, 0.1) is 31.6 Å². The molecule has 0 fully saturated rings. The number of fused-ring (bicyclic) bond motifs is 1. The summed E-state index contributed by atoms with van der Waals surface area (Å²) in [7, 11) is 3.26. The number of ketones is 1. The lowest BCUT2D eigenvalue weighted by Gasteiger charge is -2.30. The van der Waals surface area contributed by atoms with E-state index in [9.17, 15) is 4.79 Å². The fraction of sp³-hybridized carbons (Fsp3) is 0.250. The molecule has 0 amide bonds. The first kappa shape index (κ1) is 21.1. The van der Waals surface area contributed by atoms with E-state index in [-0.39, 0.29) is 17.7 Å². The van der Waals surface area contributed by atoms with Crippen LogP contribution >= 0.6 is 0 Å². The second-order valence-corrected chi connectivity index (χ2v) is 8.69. The van der Waals surface area contributed by atoms with Crippen molar-refractivity contribution < 1.29 is 14.3 Å². The zero-order valence-electron chi connectivity index (χ0n) is 19.1. The molecule has 2 aliphatic rings. The lowest BCUT2D eigenvalue weighted by molar-refractivity contribution is -0.116. The van der Waals surface area contributed by atoms with Crippen molar-refractivity contribution in [2.45, 2.75) is 31.7 Å². The number of hydrogen-bond acceptors (Lipinski definition) is 5. The van der Waals surface area contributed by atoms with Crippen molar-refractivity contribution in [3.8, 4) is 11.5 Å². The number of nitrogens with one attached hydrogen (secondary N) is 2. The number of para-hydroxylation sites is 2. The highest BCUT2D eigenvalue weighted by atomic mass is 16.5. The summed E-state index contributed by atoms with van der Waals surface area (Å²) in [5, 5.41) is 7.23. The Morgan fingerprint density at radius 1 is 0.818 bits per heavy atom. The molecule has 2 N–H and O–H groups in total. The van der Waals surface area contributed by atoms with Crippen LogP contribution in [0.5, 0.6) is 11.5 Å². The second-order valence-electron chi connectivity index (χ2n) is 8.69. The summed E-state index contributed by atoms with van der Waals surface area (Å²) in [6.07, 6.45) is 1.20. The monoisotopic (exact) mass is 440 g/mol. The maximum Gasteiger partial charge on any atom is 0.163 e. The lowest BCUT2D eigenvalue weighted by atomic mass is 9.78. The first-order valence-electron chi connectivity index (χ1n) is 11.2. The lowest BCUT2D eigenvalue weighted by Crippen LogP contribution is -2.26. The number of Topliss-reactive ketones (excluding diaryl/α,β-unsaturated/α-hetero) is 1. The van der Waals surface area contributed by atoms with Gasteiger partial charge in [-0.15, -0.1) is 0 Å². The quantitative estimate of drug-likeness (QED) is 0.522. The molecule has 0 unspecified atom stereocenters. The topological polar surface area (TPSA) is 59.6 Å². The van der Waals surface area contributed by atoms with Gasteiger partial charge in [-0.3, -0.25) is 4.79 Å². The van der Waals surface area contributed by atoms with E-state index in [0.29, 0.717) is 17.9 Å². The Kier molecular flexibility index (Phi) is 5.55. The van der Waals surface area contributed by atoms with Gasteiger partial charge in [0.25, 0.3) is 0 Å². The highest BCUT2D eigenvalue weighted by Crippen LogP contribution is 2.45. The number of anilines is 2. The van der Waals surface area contributed by atoms with Crippen molar-refractivity contribution in [3.63, 3.8) is 0 Å². The summed E-state index contributed by atoms with van der Waals surface area (Å²) >= 11 is 0. The van der Waals surface area contributed by atoms with E-state index in [0.717, 1.165) is 40.2 Å². The van der Waals surface area contributed by atoms with E-state index in [1.807, 2.05) is 30.3 Å². The molecule has 5 nitrogen and oxygen atoms in total. The van der Waals surface area contributed by atoms with Crippen LogP contribution in [0.4, 0.5) is 11.4 Å². The minimum absolute atomic E-state index is 0.0625. The third-order valence-corrected chi connectivity index (χ3v) is 6.60. The van der Waals surface area contributed by atoms with Crippen LogP contribution in [0.2, 0.25) is 0 Å². The van der Waals surface area contributed by atoms with E-state index in [4.69, 9.17) is 9.47 Å². The van der Waals surface area contributed by atoms with Crippen LogP contribution in [-0.4, -0.2) is 20.0 Å². The van der Waals surface area contributed by atoms with Crippen molar-refractivity contribution >= 4 is 17.2 Å². The predicted octanol–water partition coefficient (Wildman–Crippen LogP) is 5.99. The number of carbonyl (C=O) groups is 1. The van der Waals surface area contributed by atoms with Gasteiger partial charge in [-0.2, -0.15) is 0 Å². The fourth-order valence-corrected chi connectivity index (χ4v) is 4.84. The standard InChI is InChI=1S/C28H28N2O3/c1-17-8-10-18(11-9-17)28-27-23(29-21-6-4-5-7-22(21)30-28)14-20(15-24(27)31)19-12-13-25(32-2)26(16-19)33-3/h4-13,16,20,28-30H,14-15H2,1-3H3/t20-,28+/m0/s1. The molecule has 0 aromatic heterocycles. The fourth-order valence-electron chi connectivity index (χ4n) is 4.84. The van der Waals surface area contributed by atoms with Crippen molar-refractivity contribution in [1.29, 1.82) is 0 Å². The number of allylic oxidation sites excluding steroid dienone is 1. The van der Waals surface area contributed by atoms with Crippen molar-refractivity contribution in [2.24, 2.45) is 0 Å². The van der Waals surface area contributed by atoms with Crippen LogP contribution in [0, 0.1) is 6.92 Å². The number of hydrogen-bond donors (Lipinski definition) is 2. The summed E-state index contributed by atoms with van der Waals surface area (Å²) in [6, 6.07) is 22.3. The van der Waals surface area contributed by atoms with Crippen molar-refractivity contribution in [1.82, 2.24) is 0 Å². The van der Waals surface area contributed by atoms with Crippen molar-refractivity contribution in [3.05, 3.63) is 94.7 Å². The molecule has 33 heavy (non-hydrogen) atoms. The van der Waals surface area contributed by atoms with Crippen LogP contribution in [0.3, 0.4) is 0 Å². The number of carbonyl (C=O) groups excluding carboxylic acids is 1. The average Bonchev–Trinajstić information content (AvgIpc) is 3.01. The Morgan fingerprint density at radius 2 is 1.52 bits per heavy atom. The smallest absolute Gasteiger partial charge is 0.163 e. The summed E-state index contributed by atoms with van der Waals surface area (Å²) < 4.78 is 10.9. The molecule has 2 atom stereocenters. The maximum atomic E-state index is 13.7. The van der Waals surface area contributed by atoms with Gasteiger partial charge in [-0.05, 0) is 54.7 Å². The minimum atomic E-state index is -0.199. The van der Waals surface area contributed by atoms with Gasteiger partial charge in [0.2, 0.25) is 0 Å². The Morgan fingerprint density at radius 3 is 2.24 bits per heavy atom. The highest BCUT2D eigenvalue weighted by Gasteiger charge is 2.36. The minimum Gasteiger partial charge on any atom is -0.493 e. The van der Waals surface area contributed by atoms with E-state index < -0.39 is 0 Å². The van der Waals surface area contributed by atoms with E-state index in [2.05, 4.69) is 54.0 Å². The van der Waals surface area contributed by atoms with Crippen LogP contribution in [0.15, 0.2) is 78.0 Å². The molecule has 1 aliphatic carbocycles. The van der Waals surface area contributed by atoms with Gasteiger partial charge in [-0.1, -0.05) is 48.0 Å². The molecule has 0 saturated carbocycles.